The summed E-state index contributed by atoms with van der Waals surface area (Å²) in [6.07, 6.45) is -3.51. The molecule has 1 aliphatic rings. The number of carbonyl (C=O) groups excluding carboxylic acids is 1. The van der Waals surface area contributed by atoms with Crippen molar-refractivity contribution < 1.29 is 27.4 Å². The zero-order valence-corrected chi connectivity index (χ0v) is 16.6. The second kappa shape index (κ2) is 8.37. The van der Waals surface area contributed by atoms with E-state index in [1.807, 2.05) is 6.07 Å². The summed E-state index contributed by atoms with van der Waals surface area (Å²) in [6.45, 7) is 0.500. The van der Waals surface area contributed by atoms with E-state index >= 15 is 0 Å². The predicted molar refractivity (Wildman–Crippen MR) is 104 cm³/mol. The maximum absolute atomic E-state index is 13.6. The summed E-state index contributed by atoms with van der Waals surface area (Å²) >= 11 is 5.76. The average Bonchev–Trinajstić information content (AvgIpc) is 2.70. The molecule has 1 aliphatic heterocycles. The molecule has 2 aromatic rings. The first-order valence-electron chi connectivity index (χ1n) is 8.80. The Balaban J connectivity index is 1.89. The smallest absolute Gasteiger partial charge is 0.417 e. The second-order valence-corrected chi connectivity index (χ2v) is 6.98. The molecule has 2 aromatic carbocycles. The molecule has 3 rings (SSSR count). The van der Waals surface area contributed by atoms with E-state index in [-0.39, 0.29) is 12.1 Å². The Bertz CT molecular complexity index is 939. The minimum absolute atomic E-state index is 0.112. The maximum Gasteiger partial charge on any atom is 0.417 e. The van der Waals surface area contributed by atoms with E-state index in [9.17, 15) is 18.0 Å². The highest BCUT2D eigenvalue weighted by Gasteiger charge is 2.36. The molecule has 0 radical (unpaired) electrons. The lowest BCUT2D eigenvalue weighted by atomic mass is 9.98. The van der Waals surface area contributed by atoms with Crippen molar-refractivity contribution in [1.29, 1.82) is 0 Å². The van der Waals surface area contributed by atoms with Crippen molar-refractivity contribution in [2.24, 2.45) is 0 Å². The maximum atomic E-state index is 13.6. The van der Waals surface area contributed by atoms with E-state index in [4.69, 9.17) is 21.1 Å². The van der Waals surface area contributed by atoms with Crippen LogP contribution in [0.3, 0.4) is 0 Å². The molecule has 0 saturated heterocycles. The lowest BCUT2D eigenvalue weighted by Gasteiger charge is -2.29. The molecule has 154 valence electrons. The molecule has 0 saturated carbocycles. The van der Waals surface area contributed by atoms with Gasteiger partial charge in [-0.3, -0.25) is 4.79 Å². The van der Waals surface area contributed by atoms with E-state index in [1.54, 1.807) is 6.07 Å². The van der Waals surface area contributed by atoms with E-state index in [1.165, 1.54) is 43.4 Å². The van der Waals surface area contributed by atoms with E-state index in [2.05, 4.69) is 0 Å². The van der Waals surface area contributed by atoms with Crippen LogP contribution in [0.1, 0.15) is 16.7 Å². The fourth-order valence-electron chi connectivity index (χ4n) is 3.24. The molecule has 0 fully saturated rings. The van der Waals surface area contributed by atoms with Gasteiger partial charge < -0.3 is 14.4 Å². The highest BCUT2D eigenvalue weighted by atomic mass is 35.5. The minimum Gasteiger partial charge on any atom is -0.493 e. The minimum atomic E-state index is -4.67. The Kier molecular flexibility index (Phi) is 6.07. The molecule has 4 nitrogen and oxygen atoms in total. The number of alkyl halides is 3. The zero-order valence-electron chi connectivity index (χ0n) is 15.8. The number of fused-ring (bicyclic) bond motifs is 1. The van der Waals surface area contributed by atoms with Gasteiger partial charge in [0.25, 0.3) is 0 Å². The average molecular weight is 426 g/mol. The molecule has 1 heterocycles. The highest BCUT2D eigenvalue weighted by molar-refractivity contribution is 6.30. The van der Waals surface area contributed by atoms with Gasteiger partial charge in [-0.2, -0.15) is 13.2 Å². The van der Waals surface area contributed by atoms with Gasteiger partial charge in [-0.25, -0.2) is 0 Å². The lowest BCUT2D eigenvalue weighted by molar-refractivity contribution is -0.127. The van der Waals surface area contributed by atoms with Crippen LogP contribution in [0.4, 0.5) is 13.2 Å². The number of nitrogens with zero attached hydrogens (tertiary/aromatic N) is 1. The topological polar surface area (TPSA) is 38.8 Å². The Morgan fingerprint density at radius 3 is 2.21 bits per heavy atom. The summed E-state index contributed by atoms with van der Waals surface area (Å²) in [6, 6.07) is 8.80. The van der Waals surface area contributed by atoms with Crippen molar-refractivity contribution in [3.8, 4) is 11.5 Å². The van der Waals surface area contributed by atoms with Gasteiger partial charge in [0.1, 0.15) is 0 Å². The molecular weight excluding hydrogens is 407 g/mol. The Morgan fingerprint density at radius 2 is 1.66 bits per heavy atom. The normalized spacial score (nSPS) is 14.4. The van der Waals surface area contributed by atoms with Crippen LogP contribution >= 0.6 is 11.6 Å². The summed E-state index contributed by atoms with van der Waals surface area (Å²) in [5.74, 6) is 0.383. The van der Waals surface area contributed by atoms with Gasteiger partial charge in [-0.05, 0) is 47.4 Å². The van der Waals surface area contributed by atoms with E-state index in [0.29, 0.717) is 35.6 Å². The number of carbonyl (C=O) groups is 1. The molecule has 8 heteroatoms. The van der Waals surface area contributed by atoms with Crippen LogP contribution in [0.5, 0.6) is 11.5 Å². The molecule has 0 aliphatic carbocycles. The van der Waals surface area contributed by atoms with Gasteiger partial charge in [0.05, 0.1) is 19.8 Å². The first-order chi connectivity index (χ1) is 13.7. The van der Waals surface area contributed by atoms with Crippen LogP contribution in [-0.4, -0.2) is 37.7 Å². The van der Waals surface area contributed by atoms with Crippen molar-refractivity contribution in [1.82, 2.24) is 4.90 Å². The Hall–Kier alpha value is -2.67. The van der Waals surface area contributed by atoms with E-state index < -0.39 is 17.7 Å². The molecule has 0 unspecified atom stereocenters. The quantitative estimate of drug-likeness (QED) is 0.655. The fraction of sp³-hybridized carbons (Fsp3) is 0.286. The number of methoxy groups -OCH3 is 2. The summed E-state index contributed by atoms with van der Waals surface area (Å²) in [5.41, 5.74) is 0.677. The number of halogens is 4. The third-order valence-corrected chi connectivity index (χ3v) is 5.01. The summed E-state index contributed by atoms with van der Waals surface area (Å²) in [4.78, 5) is 14.0. The Labute approximate surface area is 171 Å². The standard InChI is InChI=1S/C21H19ClF3NO3/c1-28-18-9-14-7-8-26(12-15(14)10-19(18)29-2)20(27)11-17(21(23,24)25)13-3-5-16(22)6-4-13/h3-6,9-11H,7-8,12H2,1-2H3. The van der Waals surface area contributed by atoms with Crippen LogP contribution in [-0.2, 0) is 17.8 Å². The predicted octanol–water partition coefficient (Wildman–Crippen LogP) is 4.89. The number of ether oxygens (including phenoxy) is 2. The third-order valence-electron chi connectivity index (χ3n) is 4.76. The molecule has 0 spiro atoms. The van der Waals surface area contributed by atoms with Crippen molar-refractivity contribution in [2.75, 3.05) is 20.8 Å². The van der Waals surface area contributed by atoms with Gasteiger partial charge in [0.2, 0.25) is 5.91 Å². The van der Waals surface area contributed by atoms with Gasteiger partial charge in [0.15, 0.2) is 11.5 Å². The SMILES string of the molecule is COc1cc2c(cc1OC)CN(C(=O)C=C(c1ccc(Cl)cc1)C(F)(F)F)CC2. The van der Waals surface area contributed by atoms with E-state index in [0.717, 1.165) is 11.1 Å². The first-order valence-corrected chi connectivity index (χ1v) is 9.18. The van der Waals surface area contributed by atoms with Crippen molar-refractivity contribution in [2.45, 2.75) is 19.1 Å². The molecule has 0 atom stereocenters. The molecule has 0 N–H and O–H groups in total. The van der Waals surface area contributed by atoms with Gasteiger partial charge in [-0.1, -0.05) is 23.7 Å². The monoisotopic (exact) mass is 425 g/mol. The number of allylic oxidation sites excluding steroid dienone is 1. The third kappa shape index (κ3) is 4.67. The van der Waals surface area contributed by atoms with Crippen LogP contribution in [0.25, 0.3) is 5.57 Å². The zero-order chi connectivity index (χ0) is 21.2. The van der Waals surface area contributed by atoms with Gasteiger partial charge in [0, 0.05) is 24.2 Å². The molecular formula is C21H19ClF3NO3. The van der Waals surface area contributed by atoms with Crippen molar-refractivity contribution >= 4 is 23.1 Å². The largest absolute Gasteiger partial charge is 0.493 e. The number of amides is 1. The number of rotatable bonds is 4. The van der Waals surface area contributed by atoms with Crippen LogP contribution < -0.4 is 9.47 Å². The Morgan fingerprint density at radius 1 is 1.07 bits per heavy atom. The molecule has 29 heavy (non-hydrogen) atoms. The molecule has 1 amide bonds. The van der Waals surface area contributed by atoms with Crippen LogP contribution in [0.15, 0.2) is 42.5 Å². The fourth-order valence-corrected chi connectivity index (χ4v) is 3.37. The van der Waals surface area contributed by atoms with Gasteiger partial charge >= 0.3 is 6.18 Å². The van der Waals surface area contributed by atoms with Crippen molar-refractivity contribution in [3.05, 3.63) is 64.2 Å². The number of hydrogen-bond donors (Lipinski definition) is 0. The lowest BCUT2D eigenvalue weighted by Crippen LogP contribution is -2.35. The summed E-state index contributed by atoms with van der Waals surface area (Å²) < 4.78 is 51.2. The van der Waals surface area contributed by atoms with Crippen LogP contribution in [0.2, 0.25) is 5.02 Å². The summed E-state index contributed by atoms with van der Waals surface area (Å²) in [7, 11) is 3.03. The van der Waals surface area contributed by atoms with Gasteiger partial charge in [-0.15, -0.1) is 0 Å². The van der Waals surface area contributed by atoms with Crippen molar-refractivity contribution in [3.63, 3.8) is 0 Å². The first kappa shape index (κ1) is 21.0. The number of benzene rings is 2. The second-order valence-electron chi connectivity index (χ2n) is 6.55. The van der Waals surface area contributed by atoms with Crippen LogP contribution in [0, 0.1) is 0 Å². The molecule has 0 bridgehead atoms. The molecule has 0 aromatic heterocycles. The highest BCUT2D eigenvalue weighted by Crippen LogP contribution is 2.36. The summed E-state index contributed by atoms with van der Waals surface area (Å²) in [5, 5.41) is 0.318. The number of hydrogen-bond acceptors (Lipinski definition) is 3.